The molecule has 1 heterocycles. The highest BCUT2D eigenvalue weighted by atomic mass is 32.1. The summed E-state index contributed by atoms with van der Waals surface area (Å²) in [5, 5.41) is 11.0. The molecular weight excluding hydrogens is 198 g/mol. The minimum atomic E-state index is -0.745. The Morgan fingerprint density at radius 1 is 1.64 bits per heavy atom. The van der Waals surface area contributed by atoms with Crippen LogP contribution in [-0.4, -0.2) is 16.1 Å². The van der Waals surface area contributed by atoms with E-state index >= 15 is 0 Å². The summed E-state index contributed by atoms with van der Waals surface area (Å²) in [6, 6.07) is 0. The average Bonchev–Trinajstić information content (AvgIpc) is 2.48. The lowest BCUT2D eigenvalue weighted by atomic mass is 9.78. The molecule has 3 nitrogen and oxygen atoms in total. The average molecular weight is 213 g/mol. The number of nitrogens with zero attached hydrogens (tertiary/aromatic N) is 1. The van der Waals surface area contributed by atoms with Crippen molar-refractivity contribution in [1.29, 1.82) is 0 Å². The van der Waals surface area contributed by atoms with Gasteiger partial charge in [0, 0.05) is 11.8 Å². The molecule has 78 valence electrons. The van der Waals surface area contributed by atoms with Crippen molar-refractivity contribution in [2.45, 2.75) is 27.2 Å². The molecule has 4 heteroatoms. The van der Waals surface area contributed by atoms with Crippen molar-refractivity contribution in [3.63, 3.8) is 0 Å². The Labute approximate surface area is 87.8 Å². The summed E-state index contributed by atoms with van der Waals surface area (Å²) in [5.74, 6) is -1.12. The Morgan fingerprint density at radius 3 is 2.64 bits per heavy atom. The van der Waals surface area contributed by atoms with E-state index in [1.165, 1.54) is 11.3 Å². The molecule has 0 aromatic carbocycles. The highest BCUT2D eigenvalue weighted by Gasteiger charge is 2.31. The van der Waals surface area contributed by atoms with Crippen molar-refractivity contribution in [3.05, 3.63) is 16.6 Å². The molecule has 0 saturated carbocycles. The Morgan fingerprint density at radius 2 is 2.29 bits per heavy atom. The first-order valence-corrected chi connectivity index (χ1v) is 5.45. The highest BCUT2D eigenvalue weighted by molar-refractivity contribution is 7.07. The van der Waals surface area contributed by atoms with Crippen LogP contribution in [0.1, 0.15) is 26.5 Å². The van der Waals surface area contributed by atoms with Crippen molar-refractivity contribution in [1.82, 2.24) is 4.98 Å². The second-order valence-electron chi connectivity index (χ2n) is 4.44. The van der Waals surface area contributed by atoms with Crippen LogP contribution >= 0.6 is 11.3 Å². The topological polar surface area (TPSA) is 50.2 Å². The molecule has 1 aromatic heterocycles. The Kier molecular flexibility index (Phi) is 3.26. The number of rotatable bonds is 3. The van der Waals surface area contributed by atoms with Gasteiger partial charge in [0.25, 0.3) is 0 Å². The number of hydrogen-bond donors (Lipinski definition) is 1. The number of hydrogen-bond acceptors (Lipinski definition) is 3. The minimum Gasteiger partial charge on any atom is -0.481 e. The number of carboxylic acid groups (broad SMARTS) is 1. The van der Waals surface area contributed by atoms with E-state index in [9.17, 15) is 4.79 Å². The van der Waals surface area contributed by atoms with Gasteiger partial charge in [0.1, 0.15) is 0 Å². The SMILES string of the molecule is CC(C)(C)C(Cc1cscn1)C(=O)O. The van der Waals surface area contributed by atoms with E-state index in [1.54, 1.807) is 5.51 Å². The highest BCUT2D eigenvalue weighted by Crippen LogP contribution is 2.29. The lowest BCUT2D eigenvalue weighted by molar-refractivity contribution is -0.145. The van der Waals surface area contributed by atoms with Crippen molar-refractivity contribution in [2.75, 3.05) is 0 Å². The number of carboxylic acids is 1. The molecule has 1 atom stereocenters. The summed E-state index contributed by atoms with van der Waals surface area (Å²) in [4.78, 5) is 15.2. The van der Waals surface area contributed by atoms with Crippen molar-refractivity contribution in [2.24, 2.45) is 11.3 Å². The maximum absolute atomic E-state index is 11.0. The second kappa shape index (κ2) is 4.09. The van der Waals surface area contributed by atoms with Gasteiger partial charge >= 0.3 is 5.97 Å². The van der Waals surface area contributed by atoms with Crippen LogP contribution < -0.4 is 0 Å². The molecule has 0 amide bonds. The number of carbonyl (C=O) groups is 1. The van der Waals surface area contributed by atoms with Crippen molar-refractivity contribution in [3.8, 4) is 0 Å². The molecule has 0 aliphatic heterocycles. The quantitative estimate of drug-likeness (QED) is 0.839. The molecule has 0 radical (unpaired) electrons. The predicted octanol–water partition coefficient (Wildman–Crippen LogP) is 2.43. The van der Waals surface area contributed by atoms with E-state index in [0.29, 0.717) is 6.42 Å². The molecular formula is C10H15NO2S. The van der Waals surface area contributed by atoms with E-state index in [1.807, 2.05) is 26.2 Å². The summed E-state index contributed by atoms with van der Waals surface area (Å²) in [6.45, 7) is 5.83. The molecule has 1 aromatic rings. The van der Waals surface area contributed by atoms with Crippen LogP contribution in [0.4, 0.5) is 0 Å². The standard InChI is InChI=1S/C10H15NO2S/c1-10(2,3)8(9(12)13)4-7-5-14-6-11-7/h5-6,8H,4H2,1-3H3,(H,12,13). The van der Waals surface area contributed by atoms with E-state index in [-0.39, 0.29) is 11.3 Å². The second-order valence-corrected chi connectivity index (χ2v) is 5.16. The van der Waals surface area contributed by atoms with Crippen LogP contribution in [0.15, 0.2) is 10.9 Å². The first kappa shape index (κ1) is 11.2. The summed E-state index contributed by atoms with van der Waals surface area (Å²) in [5.41, 5.74) is 2.38. The lowest BCUT2D eigenvalue weighted by Gasteiger charge is -2.26. The van der Waals surface area contributed by atoms with Gasteiger partial charge in [-0.25, -0.2) is 4.98 Å². The molecule has 0 fully saturated rings. The van der Waals surface area contributed by atoms with Gasteiger partial charge in [0.05, 0.1) is 17.1 Å². The first-order chi connectivity index (χ1) is 6.41. The number of aliphatic carboxylic acids is 1. The summed E-state index contributed by atoms with van der Waals surface area (Å²) < 4.78 is 0. The molecule has 14 heavy (non-hydrogen) atoms. The Bertz CT molecular complexity index is 300. The van der Waals surface area contributed by atoms with Gasteiger partial charge in [0.2, 0.25) is 0 Å². The van der Waals surface area contributed by atoms with Crippen molar-refractivity contribution < 1.29 is 9.90 Å². The van der Waals surface area contributed by atoms with Crippen LogP contribution in [0.3, 0.4) is 0 Å². The largest absolute Gasteiger partial charge is 0.481 e. The minimum absolute atomic E-state index is 0.227. The molecule has 1 unspecified atom stereocenters. The Hall–Kier alpha value is -0.900. The summed E-state index contributed by atoms with van der Waals surface area (Å²) >= 11 is 1.50. The Balaban J connectivity index is 2.76. The van der Waals surface area contributed by atoms with Gasteiger partial charge in [-0.1, -0.05) is 20.8 Å². The number of aromatic nitrogens is 1. The fourth-order valence-corrected chi connectivity index (χ4v) is 1.88. The van der Waals surface area contributed by atoms with Gasteiger partial charge in [-0.2, -0.15) is 0 Å². The van der Waals surface area contributed by atoms with Crippen LogP contribution in [0.25, 0.3) is 0 Å². The molecule has 0 spiro atoms. The molecule has 1 N–H and O–H groups in total. The zero-order chi connectivity index (χ0) is 10.8. The third kappa shape index (κ3) is 2.80. The summed E-state index contributed by atoms with van der Waals surface area (Å²) in [6.07, 6.45) is 0.516. The van der Waals surface area contributed by atoms with Crippen LogP contribution in [0.2, 0.25) is 0 Å². The molecule has 0 saturated heterocycles. The fourth-order valence-electron chi connectivity index (χ4n) is 1.31. The van der Waals surface area contributed by atoms with E-state index in [2.05, 4.69) is 4.98 Å². The van der Waals surface area contributed by atoms with E-state index < -0.39 is 5.97 Å². The molecule has 0 aliphatic rings. The lowest BCUT2D eigenvalue weighted by Crippen LogP contribution is -2.30. The maximum atomic E-state index is 11.0. The maximum Gasteiger partial charge on any atom is 0.307 e. The normalized spacial score (nSPS) is 13.9. The summed E-state index contributed by atoms with van der Waals surface area (Å²) in [7, 11) is 0. The monoisotopic (exact) mass is 213 g/mol. The van der Waals surface area contributed by atoms with Crippen LogP contribution in [0.5, 0.6) is 0 Å². The van der Waals surface area contributed by atoms with Gasteiger partial charge in [-0.3, -0.25) is 4.79 Å². The fraction of sp³-hybridized carbons (Fsp3) is 0.600. The van der Waals surface area contributed by atoms with Gasteiger partial charge in [-0.05, 0) is 5.41 Å². The third-order valence-electron chi connectivity index (χ3n) is 2.24. The smallest absolute Gasteiger partial charge is 0.307 e. The third-order valence-corrected chi connectivity index (χ3v) is 2.88. The van der Waals surface area contributed by atoms with Gasteiger partial charge < -0.3 is 5.11 Å². The van der Waals surface area contributed by atoms with E-state index in [0.717, 1.165) is 5.69 Å². The zero-order valence-corrected chi connectivity index (χ0v) is 9.47. The van der Waals surface area contributed by atoms with Gasteiger partial charge in [-0.15, -0.1) is 11.3 Å². The van der Waals surface area contributed by atoms with Crippen LogP contribution in [0, 0.1) is 11.3 Å². The van der Waals surface area contributed by atoms with Gasteiger partial charge in [0.15, 0.2) is 0 Å². The molecule has 1 rings (SSSR count). The van der Waals surface area contributed by atoms with Crippen molar-refractivity contribution >= 4 is 17.3 Å². The zero-order valence-electron chi connectivity index (χ0n) is 8.65. The molecule has 0 aliphatic carbocycles. The van der Waals surface area contributed by atoms with E-state index in [4.69, 9.17) is 5.11 Å². The van der Waals surface area contributed by atoms with Crippen LogP contribution in [-0.2, 0) is 11.2 Å². The number of thiazole rings is 1. The molecule has 0 bridgehead atoms. The predicted molar refractivity (Wildman–Crippen MR) is 56.4 cm³/mol. The first-order valence-electron chi connectivity index (χ1n) is 4.51.